The molecular weight excluding hydrogens is 292 g/mol. The molecule has 0 aliphatic rings. The molecule has 4 nitrogen and oxygen atoms in total. The van der Waals surface area contributed by atoms with E-state index in [1.165, 1.54) is 7.11 Å². The van der Waals surface area contributed by atoms with Gasteiger partial charge in [-0.15, -0.1) is 0 Å². The zero-order chi connectivity index (χ0) is 16.8. The third-order valence-electron chi connectivity index (χ3n) is 3.54. The fourth-order valence-corrected chi connectivity index (χ4v) is 2.42. The highest BCUT2D eigenvalue weighted by Gasteiger charge is 2.10. The minimum atomic E-state index is -0.677. The van der Waals surface area contributed by atoms with Crippen LogP contribution in [0.3, 0.4) is 0 Å². The second-order valence-corrected chi connectivity index (χ2v) is 5.64. The van der Waals surface area contributed by atoms with Crippen molar-refractivity contribution in [1.29, 1.82) is 0 Å². The van der Waals surface area contributed by atoms with E-state index in [1.54, 1.807) is 12.1 Å². The minimum Gasteiger partial charge on any atom is -0.491 e. The Morgan fingerprint density at radius 1 is 1.09 bits per heavy atom. The maximum Gasteiger partial charge on any atom is 0.309 e. The molecule has 0 saturated carbocycles. The van der Waals surface area contributed by atoms with E-state index in [4.69, 9.17) is 4.74 Å². The summed E-state index contributed by atoms with van der Waals surface area (Å²) in [7, 11) is 1.37. The van der Waals surface area contributed by atoms with Gasteiger partial charge in [-0.25, -0.2) is 0 Å². The van der Waals surface area contributed by atoms with Gasteiger partial charge in [0.15, 0.2) is 0 Å². The molecule has 0 bridgehead atoms. The summed E-state index contributed by atoms with van der Waals surface area (Å²) in [4.78, 5) is 11.2. The first kappa shape index (κ1) is 17.0. The van der Waals surface area contributed by atoms with Gasteiger partial charge in [0.25, 0.3) is 0 Å². The Labute approximate surface area is 136 Å². The highest BCUT2D eigenvalue weighted by atomic mass is 16.5. The molecule has 2 rings (SSSR count). The summed E-state index contributed by atoms with van der Waals surface area (Å²) in [6.07, 6.45) is -0.439. The van der Waals surface area contributed by atoms with Crippen LogP contribution in [0.5, 0.6) is 5.75 Å². The molecule has 0 fully saturated rings. The van der Waals surface area contributed by atoms with Gasteiger partial charge >= 0.3 is 5.97 Å². The van der Waals surface area contributed by atoms with Crippen molar-refractivity contribution in [3.8, 4) is 5.75 Å². The summed E-state index contributed by atoms with van der Waals surface area (Å²) in [5.41, 5.74) is 3.95. The number of carbonyl (C=O) groups is 1. The molecule has 23 heavy (non-hydrogen) atoms. The molecule has 2 aromatic rings. The van der Waals surface area contributed by atoms with E-state index in [1.807, 2.05) is 38.1 Å². The lowest BCUT2D eigenvalue weighted by atomic mass is 10.0. The lowest BCUT2D eigenvalue weighted by Gasteiger charge is -2.14. The molecule has 122 valence electrons. The number of carbonyl (C=O) groups excluding carboxylic acids is 1. The van der Waals surface area contributed by atoms with Crippen LogP contribution in [0.1, 0.15) is 28.4 Å². The molecule has 0 heterocycles. The van der Waals surface area contributed by atoms with Gasteiger partial charge in [-0.1, -0.05) is 41.5 Å². The van der Waals surface area contributed by atoms with E-state index in [2.05, 4.69) is 10.8 Å². The van der Waals surface area contributed by atoms with Crippen molar-refractivity contribution in [2.45, 2.75) is 26.4 Å². The molecule has 0 saturated heterocycles. The summed E-state index contributed by atoms with van der Waals surface area (Å²) >= 11 is 0. The van der Waals surface area contributed by atoms with Crippen molar-refractivity contribution in [1.82, 2.24) is 0 Å². The van der Waals surface area contributed by atoms with Crippen LogP contribution in [0.15, 0.2) is 42.5 Å². The lowest BCUT2D eigenvalue weighted by Crippen LogP contribution is -2.10. The van der Waals surface area contributed by atoms with Crippen molar-refractivity contribution < 1.29 is 19.4 Å². The van der Waals surface area contributed by atoms with Crippen LogP contribution in [-0.2, 0) is 16.0 Å². The Balaban J connectivity index is 1.93. The van der Waals surface area contributed by atoms with Crippen LogP contribution >= 0.6 is 0 Å². The largest absolute Gasteiger partial charge is 0.491 e. The number of hydrogen-bond donors (Lipinski definition) is 1. The maximum atomic E-state index is 11.2. The normalized spacial score (nSPS) is 11.8. The molecule has 0 amide bonds. The Morgan fingerprint density at radius 2 is 1.70 bits per heavy atom. The highest BCUT2D eigenvalue weighted by molar-refractivity contribution is 5.72. The molecule has 1 atom stereocenters. The number of hydrogen-bond acceptors (Lipinski definition) is 4. The maximum absolute atomic E-state index is 11.2. The van der Waals surface area contributed by atoms with Crippen molar-refractivity contribution in [3.05, 3.63) is 64.7 Å². The molecule has 4 heteroatoms. The third kappa shape index (κ3) is 5.11. The van der Waals surface area contributed by atoms with Gasteiger partial charge in [-0.05, 0) is 37.1 Å². The monoisotopic (exact) mass is 314 g/mol. The summed E-state index contributed by atoms with van der Waals surface area (Å²) in [5.74, 6) is 0.381. The van der Waals surface area contributed by atoms with Crippen molar-refractivity contribution in [2.75, 3.05) is 13.7 Å². The molecule has 0 spiro atoms. The first-order chi connectivity index (χ1) is 11.0. The SMILES string of the molecule is COC(=O)Cc1ccc(OCC(O)c2cc(C)cc(C)c2)cc1. The quantitative estimate of drug-likeness (QED) is 0.832. The van der Waals surface area contributed by atoms with E-state index in [0.29, 0.717) is 5.75 Å². The Kier molecular flexibility index (Phi) is 5.77. The van der Waals surface area contributed by atoms with Gasteiger partial charge in [-0.2, -0.15) is 0 Å². The Bertz CT molecular complexity index is 641. The Hall–Kier alpha value is -2.33. The van der Waals surface area contributed by atoms with Gasteiger partial charge in [-0.3, -0.25) is 4.79 Å². The highest BCUT2D eigenvalue weighted by Crippen LogP contribution is 2.19. The second-order valence-electron chi connectivity index (χ2n) is 5.64. The van der Waals surface area contributed by atoms with Gasteiger partial charge in [0, 0.05) is 0 Å². The van der Waals surface area contributed by atoms with Crippen LogP contribution in [0.25, 0.3) is 0 Å². The van der Waals surface area contributed by atoms with Crippen LogP contribution in [0.4, 0.5) is 0 Å². The van der Waals surface area contributed by atoms with Crippen LogP contribution in [0.2, 0.25) is 0 Å². The number of esters is 1. The lowest BCUT2D eigenvalue weighted by molar-refractivity contribution is -0.139. The molecule has 0 aliphatic heterocycles. The van der Waals surface area contributed by atoms with Gasteiger partial charge in [0.05, 0.1) is 13.5 Å². The van der Waals surface area contributed by atoms with Crippen LogP contribution in [0, 0.1) is 13.8 Å². The predicted octanol–water partition coefficient (Wildman–Crippen LogP) is 3.13. The number of rotatable bonds is 6. The average Bonchev–Trinajstić information content (AvgIpc) is 2.52. The third-order valence-corrected chi connectivity index (χ3v) is 3.54. The van der Waals surface area contributed by atoms with E-state index in [9.17, 15) is 9.90 Å². The van der Waals surface area contributed by atoms with Gasteiger partial charge in [0.1, 0.15) is 18.5 Å². The smallest absolute Gasteiger partial charge is 0.309 e. The first-order valence-electron chi connectivity index (χ1n) is 7.52. The molecule has 0 aliphatic carbocycles. The van der Waals surface area contributed by atoms with Crippen molar-refractivity contribution >= 4 is 5.97 Å². The van der Waals surface area contributed by atoms with E-state index in [0.717, 1.165) is 22.3 Å². The fourth-order valence-electron chi connectivity index (χ4n) is 2.42. The number of aryl methyl sites for hydroxylation is 2. The summed E-state index contributed by atoms with van der Waals surface area (Å²) in [6.45, 7) is 4.19. The Morgan fingerprint density at radius 3 is 2.26 bits per heavy atom. The predicted molar refractivity (Wildman–Crippen MR) is 88.5 cm³/mol. The second kappa shape index (κ2) is 7.79. The van der Waals surface area contributed by atoms with Gasteiger partial charge in [0.2, 0.25) is 0 Å². The van der Waals surface area contributed by atoms with E-state index in [-0.39, 0.29) is 19.0 Å². The molecule has 0 aromatic heterocycles. The molecule has 1 N–H and O–H groups in total. The zero-order valence-corrected chi connectivity index (χ0v) is 13.7. The minimum absolute atomic E-state index is 0.180. The standard InChI is InChI=1S/C19H22O4/c1-13-8-14(2)10-16(9-13)18(20)12-23-17-6-4-15(5-7-17)11-19(21)22-3/h4-10,18,20H,11-12H2,1-3H3. The van der Waals surface area contributed by atoms with Crippen molar-refractivity contribution in [2.24, 2.45) is 0 Å². The summed E-state index contributed by atoms with van der Waals surface area (Å²) in [5, 5.41) is 10.2. The van der Waals surface area contributed by atoms with E-state index >= 15 is 0 Å². The van der Waals surface area contributed by atoms with Crippen LogP contribution in [-0.4, -0.2) is 24.8 Å². The van der Waals surface area contributed by atoms with Crippen LogP contribution < -0.4 is 4.74 Å². The number of methoxy groups -OCH3 is 1. The number of aliphatic hydroxyl groups is 1. The molecule has 2 aromatic carbocycles. The van der Waals surface area contributed by atoms with Crippen molar-refractivity contribution in [3.63, 3.8) is 0 Å². The van der Waals surface area contributed by atoms with Gasteiger partial charge < -0.3 is 14.6 Å². The zero-order valence-electron chi connectivity index (χ0n) is 13.7. The topological polar surface area (TPSA) is 55.8 Å². The van der Waals surface area contributed by atoms with E-state index < -0.39 is 6.10 Å². The molecular formula is C19H22O4. The number of aliphatic hydroxyl groups excluding tert-OH is 1. The molecule has 1 unspecified atom stereocenters. The first-order valence-corrected chi connectivity index (χ1v) is 7.52. The summed E-state index contributed by atoms with van der Waals surface area (Å²) < 4.78 is 10.3. The summed E-state index contributed by atoms with van der Waals surface area (Å²) in [6, 6.07) is 13.2. The fraction of sp³-hybridized carbons (Fsp3) is 0.316. The molecule has 0 radical (unpaired) electrons. The number of ether oxygens (including phenoxy) is 2. The average molecular weight is 314 g/mol. The number of benzene rings is 2.